The number of allylic oxidation sites excluding steroid dienone is 6. The highest BCUT2D eigenvalue weighted by atomic mass is 16.5. The Morgan fingerprint density at radius 1 is 0.467 bits per heavy atom. The highest BCUT2D eigenvalue weighted by Crippen LogP contribution is 2.15. The van der Waals surface area contributed by atoms with E-state index in [2.05, 4.69) is 55.6 Å². The predicted octanol–water partition coefficient (Wildman–Crippen LogP) is 15.7. The zero-order valence-electron chi connectivity index (χ0n) is 39.9. The minimum absolute atomic E-state index is 0.0169. The normalized spacial score (nSPS) is 12.9. The molecule has 1 amide bonds. The van der Waals surface area contributed by atoms with Crippen molar-refractivity contribution in [1.29, 1.82) is 0 Å². The molecule has 0 radical (unpaired) electrons. The highest BCUT2D eigenvalue weighted by Gasteiger charge is 2.20. The molecule has 0 rings (SSSR count). The zero-order valence-corrected chi connectivity index (χ0v) is 39.9. The van der Waals surface area contributed by atoms with Crippen LogP contribution in [0.25, 0.3) is 0 Å². The molecule has 6 nitrogen and oxygen atoms in total. The number of nitrogens with one attached hydrogen (secondary N) is 1. The smallest absolute Gasteiger partial charge is 0.305 e. The van der Waals surface area contributed by atoms with Gasteiger partial charge in [0.15, 0.2) is 0 Å². The third-order valence-corrected chi connectivity index (χ3v) is 11.9. The van der Waals surface area contributed by atoms with Gasteiger partial charge in [0, 0.05) is 12.8 Å². The van der Waals surface area contributed by atoms with Gasteiger partial charge >= 0.3 is 5.97 Å². The van der Waals surface area contributed by atoms with Crippen LogP contribution in [-0.2, 0) is 14.3 Å². The molecule has 0 saturated carbocycles. The summed E-state index contributed by atoms with van der Waals surface area (Å²) in [5.41, 5.74) is 0. The van der Waals surface area contributed by atoms with E-state index >= 15 is 0 Å². The van der Waals surface area contributed by atoms with Crippen molar-refractivity contribution in [3.8, 4) is 0 Å². The quantitative estimate of drug-likeness (QED) is 0.0322. The molecule has 0 aliphatic rings. The molecule has 0 heterocycles. The molecule has 0 bridgehead atoms. The van der Waals surface area contributed by atoms with Gasteiger partial charge in [0.25, 0.3) is 0 Å². The Hall–Kier alpha value is -1.92. The molecule has 0 aliphatic carbocycles. The first-order chi connectivity index (χ1) is 29.5. The van der Waals surface area contributed by atoms with Crippen LogP contribution in [0.5, 0.6) is 0 Å². The first-order valence-electron chi connectivity index (χ1n) is 26.2. The number of hydrogen-bond acceptors (Lipinski definition) is 5. The molecule has 0 fully saturated rings. The van der Waals surface area contributed by atoms with Gasteiger partial charge in [0.05, 0.1) is 25.4 Å². The number of rotatable bonds is 48. The second kappa shape index (κ2) is 49.7. The maximum atomic E-state index is 12.4. The van der Waals surface area contributed by atoms with Crippen LogP contribution in [0, 0.1) is 0 Å². The van der Waals surface area contributed by atoms with E-state index in [1.54, 1.807) is 0 Å². The first kappa shape index (κ1) is 58.1. The van der Waals surface area contributed by atoms with Crippen molar-refractivity contribution < 1.29 is 24.5 Å². The average Bonchev–Trinajstić information content (AvgIpc) is 3.25. The molecule has 352 valence electrons. The van der Waals surface area contributed by atoms with Crippen molar-refractivity contribution in [3.05, 3.63) is 36.5 Å². The van der Waals surface area contributed by atoms with Crippen molar-refractivity contribution >= 4 is 11.9 Å². The van der Waals surface area contributed by atoms with E-state index in [9.17, 15) is 19.8 Å². The van der Waals surface area contributed by atoms with Gasteiger partial charge in [0.1, 0.15) is 0 Å². The fraction of sp³-hybridized carbons (Fsp3) is 0.852. The van der Waals surface area contributed by atoms with E-state index in [4.69, 9.17) is 4.74 Å². The maximum absolute atomic E-state index is 12.4. The van der Waals surface area contributed by atoms with Crippen LogP contribution in [0.15, 0.2) is 36.5 Å². The number of ether oxygens (including phenoxy) is 1. The Kier molecular flexibility index (Phi) is 48.1. The standard InChI is InChI=1S/C54H101NO5/c1-3-5-7-9-11-13-15-16-17-21-24-28-32-36-40-44-48-54(59)60-49-45-41-37-33-29-25-22-19-18-20-23-27-31-35-39-43-47-53(58)55-51(50-56)52(57)46-42-38-34-30-26-14-12-10-8-6-4-2/h13,15,17-18,20-21,51-52,56-57H,3-12,14,16,19,22-50H2,1-2H3,(H,55,58)/b15-13-,20-18-,21-17-. The van der Waals surface area contributed by atoms with Gasteiger partial charge in [-0.05, 0) is 83.5 Å². The van der Waals surface area contributed by atoms with Crippen LogP contribution >= 0.6 is 0 Å². The summed E-state index contributed by atoms with van der Waals surface area (Å²) < 4.78 is 5.46. The second-order valence-corrected chi connectivity index (χ2v) is 17.8. The Morgan fingerprint density at radius 3 is 1.30 bits per heavy atom. The predicted molar refractivity (Wildman–Crippen MR) is 259 cm³/mol. The van der Waals surface area contributed by atoms with Crippen LogP contribution in [0.3, 0.4) is 0 Å². The van der Waals surface area contributed by atoms with Crippen molar-refractivity contribution in [3.63, 3.8) is 0 Å². The van der Waals surface area contributed by atoms with Gasteiger partial charge < -0.3 is 20.3 Å². The second-order valence-electron chi connectivity index (χ2n) is 17.8. The number of hydrogen-bond donors (Lipinski definition) is 3. The van der Waals surface area contributed by atoms with Crippen LogP contribution < -0.4 is 5.32 Å². The summed E-state index contributed by atoms with van der Waals surface area (Å²) in [6.07, 6.45) is 59.7. The Bertz CT molecular complexity index is 977. The van der Waals surface area contributed by atoms with Crippen LogP contribution in [0.2, 0.25) is 0 Å². The van der Waals surface area contributed by atoms with Crippen molar-refractivity contribution in [2.75, 3.05) is 13.2 Å². The Labute approximate surface area is 373 Å². The van der Waals surface area contributed by atoms with Gasteiger partial charge in [-0.25, -0.2) is 0 Å². The van der Waals surface area contributed by atoms with Crippen LogP contribution in [0.1, 0.15) is 271 Å². The van der Waals surface area contributed by atoms with Crippen molar-refractivity contribution in [2.24, 2.45) is 0 Å². The molecule has 0 aromatic heterocycles. The summed E-state index contributed by atoms with van der Waals surface area (Å²) >= 11 is 0. The largest absolute Gasteiger partial charge is 0.466 e. The lowest BCUT2D eigenvalue weighted by molar-refractivity contribution is -0.143. The monoisotopic (exact) mass is 844 g/mol. The van der Waals surface area contributed by atoms with E-state index in [0.29, 0.717) is 25.9 Å². The summed E-state index contributed by atoms with van der Waals surface area (Å²) in [5, 5.41) is 23.1. The number of esters is 1. The third-order valence-electron chi connectivity index (χ3n) is 11.9. The number of unbranched alkanes of at least 4 members (excludes halogenated alkanes) is 31. The number of aliphatic hydroxyl groups excluding tert-OH is 2. The lowest BCUT2D eigenvalue weighted by Gasteiger charge is -2.22. The fourth-order valence-corrected chi connectivity index (χ4v) is 7.84. The average molecular weight is 844 g/mol. The van der Waals surface area contributed by atoms with E-state index in [1.807, 2.05) is 0 Å². The molecule has 0 aromatic carbocycles. The Balaban J connectivity index is 3.47. The molecule has 0 aromatic rings. The van der Waals surface area contributed by atoms with Gasteiger partial charge in [-0.2, -0.15) is 0 Å². The molecule has 2 atom stereocenters. The summed E-state index contributed by atoms with van der Waals surface area (Å²) in [7, 11) is 0. The summed E-state index contributed by atoms with van der Waals surface area (Å²) in [4.78, 5) is 24.4. The lowest BCUT2D eigenvalue weighted by Crippen LogP contribution is -2.45. The molecule has 2 unspecified atom stereocenters. The molecular weight excluding hydrogens is 743 g/mol. The SMILES string of the molecule is CCCCCC/C=C\C/C=C\CCCCCCCC(=O)OCCCCCCCCC/C=C\CCCCCCCC(=O)NC(CO)C(O)CCCCCCCCCCCCC. The number of carbonyl (C=O) groups excluding carboxylic acids is 2. The molecule has 0 saturated heterocycles. The lowest BCUT2D eigenvalue weighted by atomic mass is 10.0. The topological polar surface area (TPSA) is 95.9 Å². The highest BCUT2D eigenvalue weighted by molar-refractivity contribution is 5.76. The van der Waals surface area contributed by atoms with Crippen molar-refractivity contribution in [2.45, 2.75) is 283 Å². The van der Waals surface area contributed by atoms with Gasteiger partial charge in [-0.3, -0.25) is 9.59 Å². The summed E-state index contributed by atoms with van der Waals surface area (Å²) in [5.74, 6) is -0.0714. The van der Waals surface area contributed by atoms with Gasteiger partial charge in [0.2, 0.25) is 5.91 Å². The van der Waals surface area contributed by atoms with Crippen LogP contribution in [0.4, 0.5) is 0 Å². The summed E-state index contributed by atoms with van der Waals surface area (Å²) in [6.45, 7) is 4.89. The van der Waals surface area contributed by atoms with Gasteiger partial charge in [-0.1, -0.05) is 211 Å². The number of aliphatic hydroxyl groups is 2. The third kappa shape index (κ3) is 45.6. The van der Waals surface area contributed by atoms with Gasteiger partial charge in [-0.15, -0.1) is 0 Å². The molecule has 60 heavy (non-hydrogen) atoms. The number of carbonyl (C=O) groups is 2. The molecular formula is C54H101NO5. The number of amides is 1. The van der Waals surface area contributed by atoms with Crippen LogP contribution in [-0.4, -0.2) is 47.4 Å². The summed E-state index contributed by atoms with van der Waals surface area (Å²) in [6, 6.07) is -0.553. The zero-order chi connectivity index (χ0) is 43.7. The molecule has 3 N–H and O–H groups in total. The minimum atomic E-state index is -0.674. The molecule has 0 spiro atoms. The first-order valence-corrected chi connectivity index (χ1v) is 26.2. The maximum Gasteiger partial charge on any atom is 0.305 e. The minimum Gasteiger partial charge on any atom is -0.466 e. The molecule has 0 aliphatic heterocycles. The fourth-order valence-electron chi connectivity index (χ4n) is 7.84. The van der Waals surface area contributed by atoms with E-state index in [0.717, 1.165) is 70.6 Å². The molecule has 6 heteroatoms. The van der Waals surface area contributed by atoms with E-state index in [-0.39, 0.29) is 18.5 Å². The Morgan fingerprint density at radius 2 is 0.833 bits per heavy atom. The van der Waals surface area contributed by atoms with E-state index in [1.165, 1.54) is 167 Å². The van der Waals surface area contributed by atoms with Crippen molar-refractivity contribution in [1.82, 2.24) is 5.32 Å². The van der Waals surface area contributed by atoms with E-state index < -0.39 is 12.1 Å².